The van der Waals surface area contributed by atoms with Crippen LogP contribution in [-0.4, -0.2) is 28.4 Å². The van der Waals surface area contributed by atoms with Gasteiger partial charge < -0.3 is 10.5 Å². The Labute approximate surface area is 99.7 Å². The number of para-hydroxylation sites is 1. The van der Waals surface area contributed by atoms with Crippen LogP contribution >= 0.6 is 0 Å². The molecule has 2 amide bonds. The predicted octanol–water partition coefficient (Wildman–Crippen LogP) is 1.76. The molecule has 1 aliphatic carbocycles. The van der Waals surface area contributed by atoms with E-state index in [1.807, 2.05) is 30.3 Å². The van der Waals surface area contributed by atoms with Crippen molar-refractivity contribution in [1.82, 2.24) is 5.06 Å². The van der Waals surface area contributed by atoms with Crippen molar-refractivity contribution in [2.24, 2.45) is 5.73 Å². The normalized spacial score (nSPS) is 23.4. The van der Waals surface area contributed by atoms with Gasteiger partial charge in [0.2, 0.25) is 0 Å². The molecular weight excluding hydrogens is 220 g/mol. The number of primary amides is 1. The lowest BCUT2D eigenvalue weighted by atomic mass is 10.2. The van der Waals surface area contributed by atoms with E-state index in [-0.39, 0.29) is 12.1 Å². The summed E-state index contributed by atoms with van der Waals surface area (Å²) in [6, 6.07) is 8.47. The minimum atomic E-state index is -0.810. The number of carbonyl (C=O) groups is 1. The Kier molecular flexibility index (Phi) is 3.49. The fourth-order valence-corrected chi connectivity index (χ4v) is 2.12. The molecule has 92 valence electrons. The third kappa shape index (κ3) is 2.88. The van der Waals surface area contributed by atoms with Crippen molar-refractivity contribution in [3.8, 4) is 5.75 Å². The Morgan fingerprint density at radius 1 is 1.35 bits per heavy atom. The Bertz CT molecular complexity index is 383. The van der Waals surface area contributed by atoms with Gasteiger partial charge in [-0.25, -0.2) is 9.86 Å². The fraction of sp³-hybridized carbons (Fsp3) is 0.417. The molecule has 5 heteroatoms. The van der Waals surface area contributed by atoms with Crippen molar-refractivity contribution >= 4 is 6.03 Å². The number of benzene rings is 1. The van der Waals surface area contributed by atoms with Gasteiger partial charge in [-0.15, -0.1) is 0 Å². The van der Waals surface area contributed by atoms with Crippen LogP contribution in [-0.2, 0) is 0 Å². The van der Waals surface area contributed by atoms with Gasteiger partial charge in [-0.05, 0) is 25.0 Å². The fourth-order valence-electron chi connectivity index (χ4n) is 2.12. The number of hydrogen-bond acceptors (Lipinski definition) is 3. The van der Waals surface area contributed by atoms with Crippen LogP contribution in [0.4, 0.5) is 4.79 Å². The molecule has 3 N–H and O–H groups in total. The van der Waals surface area contributed by atoms with Crippen LogP contribution in [0.25, 0.3) is 0 Å². The molecule has 5 nitrogen and oxygen atoms in total. The van der Waals surface area contributed by atoms with Gasteiger partial charge in [0.25, 0.3) is 0 Å². The van der Waals surface area contributed by atoms with E-state index in [1.165, 1.54) is 0 Å². The van der Waals surface area contributed by atoms with Crippen molar-refractivity contribution in [2.75, 3.05) is 0 Å². The summed E-state index contributed by atoms with van der Waals surface area (Å²) < 4.78 is 5.75. The lowest BCUT2D eigenvalue weighted by Crippen LogP contribution is -2.40. The highest BCUT2D eigenvalue weighted by molar-refractivity contribution is 5.70. The molecule has 0 heterocycles. The largest absolute Gasteiger partial charge is 0.490 e. The Morgan fingerprint density at radius 2 is 2.06 bits per heavy atom. The average Bonchev–Trinajstić information content (AvgIpc) is 2.77. The Balaban J connectivity index is 1.88. The molecule has 1 saturated carbocycles. The molecule has 2 rings (SSSR count). The van der Waals surface area contributed by atoms with Crippen LogP contribution < -0.4 is 10.5 Å². The topological polar surface area (TPSA) is 75.8 Å². The standard InChI is InChI=1S/C12H16N2O3/c13-12(15)14(16)9-6-7-11(8-9)17-10-4-2-1-3-5-10/h1-5,9,11,16H,6-8H2,(H2,13,15). The zero-order valence-electron chi connectivity index (χ0n) is 9.45. The number of hydrogen-bond donors (Lipinski definition) is 2. The summed E-state index contributed by atoms with van der Waals surface area (Å²) in [5.41, 5.74) is 5.01. The van der Waals surface area contributed by atoms with Gasteiger partial charge in [-0.2, -0.15) is 0 Å². The quantitative estimate of drug-likeness (QED) is 0.620. The van der Waals surface area contributed by atoms with E-state index in [1.54, 1.807) is 0 Å². The number of rotatable bonds is 3. The summed E-state index contributed by atoms with van der Waals surface area (Å²) in [6.07, 6.45) is 2.14. The van der Waals surface area contributed by atoms with E-state index in [9.17, 15) is 10.0 Å². The lowest BCUT2D eigenvalue weighted by molar-refractivity contribution is -0.0746. The van der Waals surface area contributed by atoms with Gasteiger partial charge in [-0.3, -0.25) is 5.21 Å². The SMILES string of the molecule is NC(=O)N(O)C1CCC(Oc2ccccc2)C1. The van der Waals surface area contributed by atoms with E-state index in [0.29, 0.717) is 17.9 Å². The van der Waals surface area contributed by atoms with Crippen LogP contribution in [0, 0.1) is 0 Å². The molecule has 1 fully saturated rings. The molecule has 0 spiro atoms. The minimum Gasteiger partial charge on any atom is -0.490 e. The molecule has 1 aromatic rings. The number of urea groups is 1. The molecule has 0 radical (unpaired) electrons. The maximum absolute atomic E-state index is 10.8. The third-order valence-corrected chi connectivity index (χ3v) is 2.97. The first-order valence-electron chi connectivity index (χ1n) is 5.66. The number of amides is 2. The van der Waals surface area contributed by atoms with E-state index >= 15 is 0 Å². The molecular formula is C12H16N2O3. The summed E-state index contributed by atoms with van der Waals surface area (Å²) in [5.74, 6) is 0.807. The number of nitrogens with two attached hydrogens (primary N) is 1. The number of nitrogens with zero attached hydrogens (tertiary/aromatic N) is 1. The molecule has 2 unspecified atom stereocenters. The van der Waals surface area contributed by atoms with Gasteiger partial charge >= 0.3 is 6.03 Å². The summed E-state index contributed by atoms with van der Waals surface area (Å²) in [5, 5.41) is 10.0. The highest BCUT2D eigenvalue weighted by Gasteiger charge is 2.31. The van der Waals surface area contributed by atoms with Crippen molar-refractivity contribution in [3.05, 3.63) is 30.3 Å². The molecule has 1 aromatic carbocycles. The summed E-state index contributed by atoms with van der Waals surface area (Å²) >= 11 is 0. The summed E-state index contributed by atoms with van der Waals surface area (Å²) in [6.45, 7) is 0. The van der Waals surface area contributed by atoms with E-state index in [2.05, 4.69) is 0 Å². The zero-order valence-corrected chi connectivity index (χ0v) is 9.45. The maximum atomic E-state index is 10.8. The van der Waals surface area contributed by atoms with Gasteiger partial charge in [0.15, 0.2) is 0 Å². The van der Waals surface area contributed by atoms with E-state index in [4.69, 9.17) is 10.5 Å². The van der Waals surface area contributed by atoms with E-state index < -0.39 is 6.03 Å². The van der Waals surface area contributed by atoms with Gasteiger partial charge in [0.1, 0.15) is 11.9 Å². The van der Waals surface area contributed by atoms with Crippen molar-refractivity contribution in [1.29, 1.82) is 0 Å². The minimum absolute atomic E-state index is 0.0244. The van der Waals surface area contributed by atoms with Crippen LogP contribution in [0.3, 0.4) is 0 Å². The molecule has 17 heavy (non-hydrogen) atoms. The lowest BCUT2D eigenvalue weighted by Gasteiger charge is -2.20. The molecule has 0 aliphatic heterocycles. The van der Waals surface area contributed by atoms with Crippen LogP contribution in [0.5, 0.6) is 5.75 Å². The third-order valence-electron chi connectivity index (χ3n) is 2.97. The Morgan fingerprint density at radius 3 is 2.71 bits per heavy atom. The van der Waals surface area contributed by atoms with Gasteiger partial charge in [-0.1, -0.05) is 18.2 Å². The van der Waals surface area contributed by atoms with Crippen LogP contribution in [0.15, 0.2) is 30.3 Å². The number of carbonyl (C=O) groups excluding carboxylic acids is 1. The first-order chi connectivity index (χ1) is 8.16. The van der Waals surface area contributed by atoms with Crippen molar-refractivity contribution in [3.63, 3.8) is 0 Å². The summed E-state index contributed by atoms with van der Waals surface area (Å²) in [7, 11) is 0. The van der Waals surface area contributed by atoms with Crippen molar-refractivity contribution < 1.29 is 14.7 Å². The monoisotopic (exact) mass is 236 g/mol. The van der Waals surface area contributed by atoms with Gasteiger partial charge in [0.05, 0.1) is 6.04 Å². The molecule has 0 bridgehead atoms. The second kappa shape index (κ2) is 5.05. The van der Waals surface area contributed by atoms with Crippen LogP contribution in [0.1, 0.15) is 19.3 Å². The first-order valence-corrected chi connectivity index (χ1v) is 5.66. The maximum Gasteiger partial charge on any atom is 0.338 e. The smallest absolute Gasteiger partial charge is 0.338 e. The zero-order chi connectivity index (χ0) is 12.3. The van der Waals surface area contributed by atoms with Gasteiger partial charge in [0, 0.05) is 6.42 Å². The first kappa shape index (κ1) is 11.7. The molecule has 0 saturated heterocycles. The molecule has 0 aromatic heterocycles. The van der Waals surface area contributed by atoms with Crippen molar-refractivity contribution in [2.45, 2.75) is 31.4 Å². The second-order valence-corrected chi connectivity index (χ2v) is 4.20. The molecule has 2 atom stereocenters. The average molecular weight is 236 g/mol. The predicted molar refractivity (Wildman–Crippen MR) is 61.7 cm³/mol. The Hall–Kier alpha value is -1.75. The number of hydroxylamine groups is 2. The summed E-state index contributed by atoms with van der Waals surface area (Å²) in [4.78, 5) is 10.8. The van der Waals surface area contributed by atoms with E-state index in [0.717, 1.165) is 12.2 Å². The number of ether oxygens (including phenoxy) is 1. The highest BCUT2D eigenvalue weighted by atomic mass is 16.5. The highest BCUT2D eigenvalue weighted by Crippen LogP contribution is 2.27. The van der Waals surface area contributed by atoms with Crippen LogP contribution in [0.2, 0.25) is 0 Å². The second-order valence-electron chi connectivity index (χ2n) is 4.20. The molecule has 1 aliphatic rings.